The summed E-state index contributed by atoms with van der Waals surface area (Å²) in [5.74, 6) is -0.501. The molecule has 126 valence electrons. The molecule has 4 aliphatic rings. The fourth-order valence-corrected chi connectivity index (χ4v) is 4.17. The summed E-state index contributed by atoms with van der Waals surface area (Å²) in [5, 5.41) is 0. The van der Waals surface area contributed by atoms with E-state index in [2.05, 4.69) is 13.8 Å². The second-order valence-corrected chi connectivity index (χ2v) is 8.15. The Labute approximate surface area is 132 Å². The number of rotatable bonds is 2. The third kappa shape index (κ3) is 2.61. The smallest absolute Gasteiger partial charge is 0.163 e. The first-order valence-corrected chi connectivity index (χ1v) is 8.59. The van der Waals surface area contributed by atoms with Gasteiger partial charge in [-0.25, -0.2) is 0 Å². The average Bonchev–Trinajstić information content (AvgIpc) is 3.24. The van der Waals surface area contributed by atoms with E-state index >= 15 is 0 Å². The fourth-order valence-electron chi connectivity index (χ4n) is 4.17. The van der Waals surface area contributed by atoms with Crippen molar-refractivity contribution in [2.24, 2.45) is 0 Å². The number of epoxide rings is 1. The van der Waals surface area contributed by atoms with E-state index in [-0.39, 0.29) is 35.6 Å². The molecule has 4 saturated heterocycles. The molecule has 4 fully saturated rings. The number of hydrogen-bond donors (Lipinski definition) is 0. The lowest BCUT2D eigenvalue weighted by atomic mass is 9.81. The average molecular weight is 312 g/mol. The number of ether oxygens (including phenoxy) is 5. The third-order valence-corrected chi connectivity index (χ3v) is 5.81. The van der Waals surface area contributed by atoms with Gasteiger partial charge in [0.1, 0.15) is 12.2 Å². The lowest BCUT2D eigenvalue weighted by Gasteiger charge is -2.50. The molecule has 0 aromatic carbocycles. The lowest BCUT2D eigenvalue weighted by Crippen LogP contribution is -2.58. The Morgan fingerprint density at radius 3 is 1.73 bits per heavy atom. The molecule has 0 bridgehead atoms. The van der Waals surface area contributed by atoms with Gasteiger partial charge in [-0.05, 0) is 53.4 Å². The van der Waals surface area contributed by atoms with Crippen LogP contribution in [-0.4, -0.2) is 54.6 Å². The summed E-state index contributed by atoms with van der Waals surface area (Å²) in [7, 11) is 0. The largest absolute Gasteiger partial charge is 0.370 e. The van der Waals surface area contributed by atoms with Crippen molar-refractivity contribution in [1.82, 2.24) is 0 Å². The highest BCUT2D eigenvalue weighted by atomic mass is 16.8. The topological polar surface area (TPSA) is 49.5 Å². The van der Waals surface area contributed by atoms with Crippen molar-refractivity contribution in [2.45, 2.75) is 94.8 Å². The Bertz CT molecular complexity index is 448. The van der Waals surface area contributed by atoms with E-state index in [4.69, 9.17) is 23.7 Å². The van der Waals surface area contributed by atoms with Gasteiger partial charge in [-0.15, -0.1) is 0 Å². The molecule has 0 unspecified atom stereocenters. The second kappa shape index (κ2) is 4.90. The van der Waals surface area contributed by atoms with Crippen LogP contribution in [0.15, 0.2) is 0 Å². The second-order valence-electron chi connectivity index (χ2n) is 8.15. The maximum absolute atomic E-state index is 6.48. The molecular formula is C17H28O5. The first kappa shape index (κ1) is 15.3. The van der Waals surface area contributed by atoms with Crippen LogP contribution in [0.2, 0.25) is 0 Å². The van der Waals surface area contributed by atoms with Crippen molar-refractivity contribution in [3.8, 4) is 0 Å². The van der Waals surface area contributed by atoms with Gasteiger partial charge in [0.25, 0.3) is 0 Å². The molecule has 0 spiro atoms. The maximum atomic E-state index is 6.48. The molecule has 0 aromatic heterocycles. The van der Waals surface area contributed by atoms with Crippen LogP contribution < -0.4 is 0 Å². The molecule has 6 atom stereocenters. The predicted octanol–water partition coefficient (Wildman–Crippen LogP) is 2.41. The van der Waals surface area contributed by atoms with Crippen molar-refractivity contribution in [2.75, 3.05) is 13.2 Å². The predicted molar refractivity (Wildman–Crippen MR) is 79.7 cm³/mol. The van der Waals surface area contributed by atoms with Gasteiger partial charge in [0.15, 0.2) is 5.79 Å². The molecule has 0 radical (unpaired) electrons. The number of fused-ring (bicyclic) bond motifs is 1. The first-order valence-electron chi connectivity index (χ1n) is 8.59. The van der Waals surface area contributed by atoms with Crippen molar-refractivity contribution in [3.63, 3.8) is 0 Å². The van der Waals surface area contributed by atoms with Gasteiger partial charge >= 0.3 is 0 Å². The molecule has 5 nitrogen and oxygen atoms in total. The van der Waals surface area contributed by atoms with E-state index in [9.17, 15) is 0 Å². The first-order chi connectivity index (χ1) is 10.3. The van der Waals surface area contributed by atoms with E-state index in [1.54, 1.807) is 0 Å². The molecule has 5 heteroatoms. The molecule has 4 rings (SSSR count). The Kier molecular flexibility index (Phi) is 3.41. The van der Waals surface area contributed by atoms with Crippen molar-refractivity contribution in [3.05, 3.63) is 0 Å². The van der Waals surface area contributed by atoms with Crippen LogP contribution in [0.1, 0.15) is 53.4 Å². The molecule has 4 aliphatic heterocycles. The van der Waals surface area contributed by atoms with E-state index in [0.29, 0.717) is 6.61 Å². The summed E-state index contributed by atoms with van der Waals surface area (Å²) < 4.78 is 30.1. The third-order valence-electron chi connectivity index (χ3n) is 5.81. The Morgan fingerprint density at radius 2 is 1.27 bits per heavy atom. The molecular weight excluding hydrogens is 284 g/mol. The Hall–Kier alpha value is -0.200. The zero-order valence-corrected chi connectivity index (χ0v) is 14.1. The molecule has 0 amide bonds. The zero-order valence-electron chi connectivity index (χ0n) is 14.1. The van der Waals surface area contributed by atoms with Gasteiger partial charge in [-0.2, -0.15) is 0 Å². The maximum Gasteiger partial charge on any atom is 0.163 e. The molecule has 0 N–H and O–H groups in total. The highest BCUT2D eigenvalue weighted by Crippen LogP contribution is 2.46. The summed E-state index contributed by atoms with van der Waals surface area (Å²) in [4.78, 5) is 0. The van der Waals surface area contributed by atoms with Crippen molar-refractivity contribution >= 4 is 0 Å². The molecule has 4 heterocycles. The van der Waals surface area contributed by atoms with Crippen LogP contribution in [0.3, 0.4) is 0 Å². The highest BCUT2D eigenvalue weighted by molar-refractivity contribution is 5.02. The van der Waals surface area contributed by atoms with Crippen LogP contribution >= 0.6 is 0 Å². The van der Waals surface area contributed by atoms with Gasteiger partial charge in [-0.1, -0.05) is 0 Å². The highest BCUT2D eigenvalue weighted by Gasteiger charge is 2.55. The molecule has 0 saturated carbocycles. The van der Waals surface area contributed by atoms with Crippen LogP contribution in [0.5, 0.6) is 0 Å². The summed E-state index contributed by atoms with van der Waals surface area (Å²) in [6.07, 6.45) is 4.64. The van der Waals surface area contributed by atoms with Crippen LogP contribution in [-0.2, 0) is 23.7 Å². The van der Waals surface area contributed by atoms with Crippen LogP contribution in [0.25, 0.3) is 0 Å². The quantitative estimate of drug-likeness (QED) is 0.733. The SMILES string of the molecule is CC1(C)OC[C@H]([C@]2(C)CC[C@@H]3O[C@@](C)([C@H]4CO4)CC[C@H]3O2)O1. The fraction of sp³-hybridized carbons (Fsp3) is 1.00. The van der Waals surface area contributed by atoms with E-state index in [0.717, 1.165) is 32.3 Å². The Morgan fingerprint density at radius 1 is 0.727 bits per heavy atom. The van der Waals surface area contributed by atoms with E-state index < -0.39 is 5.79 Å². The summed E-state index contributed by atoms with van der Waals surface area (Å²) >= 11 is 0. The van der Waals surface area contributed by atoms with Crippen LogP contribution in [0, 0.1) is 0 Å². The van der Waals surface area contributed by atoms with Gasteiger partial charge in [-0.3, -0.25) is 0 Å². The normalized spacial score (nSPS) is 54.0. The minimum atomic E-state index is -0.501. The van der Waals surface area contributed by atoms with Gasteiger partial charge in [0.05, 0.1) is 36.6 Å². The van der Waals surface area contributed by atoms with Gasteiger partial charge < -0.3 is 23.7 Å². The summed E-state index contributed by atoms with van der Waals surface area (Å²) in [5.41, 5.74) is -0.394. The van der Waals surface area contributed by atoms with Crippen molar-refractivity contribution in [1.29, 1.82) is 0 Å². The lowest BCUT2D eigenvalue weighted by molar-refractivity contribution is -0.270. The summed E-state index contributed by atoms with van der Waals surface area (Å²) in [6.45, 7) is 9.73. The Balaban J connectivity index is 1.42. The summed E-state index contributed by atoms with van der Waals surface area (Å²) in [6, 6.07) is 0. The van der Waals surface area contributed by atoms with Gasteiger partial charge in [0, 0.05) is 0 Å². The van der Waals surface area contributed by atoms with E-state index in [1.165, 1.54) is 0 Å². The zero-order chi connectivity index (χ0) is 15.6. The van der Waals surface area contributed by atoms with Gasteiger partial charge in [0.2, 0.25) is 0 Å². The number of hydrogen-bond acceptors (Lipinski definition) is 5. The monoisotopic (exact) mass is 312 g/mol. The standard InChI is InChI=1S/C17H28O5/c1-15(2)19-10-14(22-15)17(4)8-6-11-12(21-17)5-7-16(3,20-11)13-9-18-13/h11-14H,5-10H2,1-4H3/t11-,12+,13+,14+,16+,17-/m0/s1. The molecule has 0 aliphatic carbocycles. The van der Waals surface area contributed by atoms with Crippen molar-refractivity contribution < 1.29 is 23.7 Å². The minimum Gasteiger partial charge on any atom is -0.370 e. The molecule has 22 heavy (non-hydrogen) atoms. The minimum absolute atomic E-state index is 0.00326. The van der Waals surface area contributed by atoms with Crippen LogP contribution in [0.4, 0.5) is 0 Å². The van der Waals surface area contributed by atoms with E-state index in [1.807, 2.05) is 13.8 Å². The molecule has 0 aromatic rings.